The molecule has 1 aromatic heterocycles. The summed E-state index contributed by atoms with van der Waals surface area (Å²) >= 11 is 0. The van der Waals surface area contributed by atoms with Crippen LogP contribution in [-0.2, 0) is 11.8 Å². The Morgan fingerprint density at radius 2 is 2.58 bits per heavy atom. The third-order valence-electron chi connectivity index (χ3n) is 1.25. The molecule has 0 aromatic carbocycles. The summed E-state index contributed by atoms with van der Waals surface area (Å²) in [5.41, 5.74) is 0. The summed E-state index contributed by atoms with van der Waals surface area (Å²) in [6, 6.07) is 0. The largest absolute Gasteiger partial charge is 0.448 e. The normalized spacial score (nSPS) is 9.50. The molecule has 12 heavy (non-hydrogen) atoms. The lowest BCUT2D eigenvalue weighted by Gasteiger charge is -2.00. The number of amides is 1. The fourth-order valence-electron chi connectivity index (χ4n) is 0.703. The summed E-state index contributed by atoms with van der Waals surface area (Å²) in [6.07, 6.45) is 2.67. The van der Waals surface area contributed by atoms with Crippen LogP contribution < -0.4 is 5.32 Å². The van der Waals surface area contributed by atoms with E-state index in [4.69, 9.17) is 0 Å². The summed E-state index contributed by atoms with van der Waals surface area (Å²) in [5, 5.41) is 3.60. The van der Waals surface area contributed by atoms with Crippen LogP contribution in [0.1, 0.15) is 6.92 Å². The summed E-state index contributed by atoms with van der Waals surface area (Å²) in [5.74, 6) is 0.355. The molecule has 0 aliphatic heterocycles. The molecule has 0 aliphatic carbocycles. The van der Waals surface area contributed by atoms with Crippen LogP contribution in [0.2, 0.25) is 0 Å². The topological polar surface area (TPSA) is 58.2 Å². The number of carbonyl (C=O) groups excluding carboxylic acids is 1. The Morgan fingerprint density at radius 1 is 1.83 bits per heavy atom. The van der Waals surface area contributed by atoms with E-state index in [1.54, 1.807) is 30.9 Å². The molecule has 5 nitrogen and oxygen atoms in total. The zero-order chi connectivity index (χ0) is 8.97. The van der Waals surface area contributed by atoms with Gasteiger partial charge in [0.05, 0.1) is 6.61 Å². The smallest absolute Gasteiger partial charge is 0.436 e. The van der Waals surface area contributed by atoms with Gasteiger partial charge >= 0.3 is 6.09 Å². The van der Waals surface area contributed by atoms with Crippen molar-refractivity contribution in [2.24, 2.45) is 7.05 Å². The van der Waals surface area contributed by atoms with Gasteiger partial charge in [0.2, 0.25) is 5.95 Å². The molecule has 0 spiro atoms. The highest BCUT2D eigenvalue weighted by atomic mass is 16.5. The summed E-state index contributed by atoms with van der Waals surface area (Å²) in [6.45, 7) is 2.05. The summed E-state index contributed by atoms with van der Waals surface area (Å²) < 4.78 is 6.25. The first kappa shape index (κ1) is 8.58. The quantitative estimate of drug-likeness (QED) is 0.656. The molecule has 1 heterocycles. The molecule has 0 bridgehead atoms. The van der Waals surface area contributed by atoms with Crippen LogP contribution in [0.25, 0.3) is 0 Å². The highest BCUT2D eigenvalue weighted by Gasteiger charge is 2.07. The number of ether oxygens (including phenoxy) is 1. The summed E-state index contributed by atoms with van der Waals surface area (Å²) in [4.78, 5) is 14.7. The average Bonchev–Trinajstić information content (AvgIpc) is 2.37. The molecule has 1 rings (SSSR count). The Bertz CT molecular complexity index is 269. The Hall–Kier alpha value is -1.52. The second kappa shape index (κ2) is 3.75. The Labute approximate surface area is 70.4 Å². The molecule has 1 radical (unpaired) electrons. The highest BCUT2D eigenvalue weighted by Crippen LogP contribution is 2.01. The lowest BCUT2D eigenvalue weighted by atomic mass is 10.8. The first-order valence-corrected chi connectivity index (χ1v) is 3.60. The van der Waals surface area contributed by atoms with Crippen molar-refractivity contribution in [2.45, 2.75) is 6.92 Å². The number of rotatable bonds is 2. The minimum atomic E-state index is -0.605. The number of nitrogens with zero attached hydrogens (tertiary/aromatic N) is 3. The average molecular weight is 168 g/mol. The SMILES string of the molecule is CCOC(=O)[N]c1nccn1C. The molecule has 0 unspecified atom stereocenters. The predicted octanol–water partition coefficient (Wildman–Crippen LogP) is 0.812. The predicted molar refractivity (Wildman–Crippen MR) is 42.0 cm³/mol. The van der Waals surface area contributed by atoms with E-state index in [2.05, 4.69) is 15.0 Å². The molecule has 0 fully saturated rings. The van der Waals surface area contributed by atoms with Crippen LogP contribution in [0.3, 0.4) is 0 Å². The van der Waals surface area contributed by atoms with Crippen molar-refractivity contribution in [2.75, 3.05) is 6.61 Å². The lowest BCUT2D eigenvalue weighted by Crippen LogP contribution is -2.14. The van der Waals surface area contributed by atoms with E-state index >= 15 is 0 Å². The molecule has 65 valence electrons. The zero-order valence-electron chi connectivity index (χ0n) is 7.02. The number of hydrogen-bond acceptors (Lipinski definition) is 3. The molecule has 1 amide bonds. The number of imidazole rings is 1. The van der Waals surface area contributed by atoms with Gasteiger partial charge in [-0.3, -0.25) is 0 Å². The molecule has 0 N–H and O–H groups in total. The third-order valence-corrected chi connectivity index (χ3v) is 1.25. The van der Waals surface area contributed by atoms with Crippen molar-refractivity contribution in [1.29, 1.82) is 0 Å². The van der Waals surface area contributed by atoms with Crippen LogP contribution in [-0.4, -0.2) is 22.3 Å². The molecule has 1 aromatic rings. The van der Waals surface area contributed by atoms with Gasteiger partial charge in [0, 0.05) is 19.4 Å². The first-order chi connectivity index (χ1) is 5.74. The number of hydrogen-bond donors (Lipinski definition) is 0. The molecular weight excluding hydrogens is 158 g/mol. The van der Waals surface area contributed by atoms with E-state index in [1.165, 1.54) is 0 Å². The molecule has 0 saturated heterocycles. The van der Waals surface area contributed by atoms with Crippen molar-refractivity contribution < 1.29 is 9.53 Å². The summed E-state index contributed by atoms with van der Waals surface area (Å²) in [7, 11) is 1.76. The van der Waals surface area contributed by atoms with Crippen LogP contribution in [0.15, 0.2) is 12.4 Å². The Balaban J connectivity index is 2.52. The van der Waals surface area contributed by atoms with Gasteiger partial charge in [0.25, 0.3) is 0 Å². The monoisotopic (exact) mass is 168 g/mol. The van der Waals surface area contributed by atoms with Crippen LogP contribution >= 0.6 is 0 Å². The van der Waals surface area contributed by atoms with Gasteiger partial charge in [-0.2, -0.15) is 0 Å². The van der Waals surface area contributed by atoms with E-state index in [0.717, 1.165) is 0 Å². The second-order valence-electron chi connectivity index (χ2n) is 2.15. The van der Waals surface area contributed by atoms with Crippen molar-refractivity contribution in [1.82, 2.24) is 14.9 Å². The van der Waals surface area contributed by atoms with Crippen LogP contribution in [0, 0.1) is 0 Å². The van der Waals surface area contributed by atoms with Gasteiger partial charge in [-0.25, -0.2) is 9.78 Å². The van der Waals surface area contributed by atoms with Crippen molar-refractivity contribution in [3.8, 4) is 0 Å². The molecule has 0 aliphatic rings. The van der Waals surface area contributed by atoms with Gasteiger partial charge in [0.15, 0.2) is 0 Å². The fourth-order valence-corrected chi connectivity index (χ4v) is 0.703. The van der Waals surface area contributed by atoms with Crippen molar-refractivity contribution in [3.05, 3.63) is 12.4 Å². The molecule has 5 heteroatoms. The standard InChI is InChI=1S/C7H10N3O2/c1-3-12-7(11)9-6-8-4-5-10(6)2/h4-5H,3H2,1-2H3. The maximum Gasteiger partial charge on any atom is 0.436 e. The molecule has 0 saturated carbocycles. The van der Waals surface area contributed by atoms with Crippen molar-refractivity contribution >= 4 is 12.0 Å². The van der Waals surface area contributed by atoms with Gasteiger partial charge in [-0.15, -0.1) is 5.32 Å². The van der Waals surface area contributed by atoms with E-state index in [-0.39, 0.29) is 0 Å². The van der Waals surface area contributed by atoms with Gasteiger partial charge in [-0.1, -0.05) is 0 Å². The first-order valence-electron chi connectivity index (χ1n) is 3.60. The Kier molecular flexibility index (Phi) is 2.68. The van der Waals surface area contributed by atoms with E-state index in [9.17, 15) is 4.79 Å². The molecular formula is C7H10N3O2. The van der Waals surface area contributed by atoms with Gasteiger partial charge in [-0.05, 0) is 6.92 Å². The van der Waals surface area contributed by atoms with Crippen molar-refractivity contribution in [3.63, 3.8) is 0 Å². The number of aromatic nitrogens is 2. The maximum atomic E-state index is 10.8. The zero-order valence-corrected chi connectivity index (χ0v) is 7.02. The maximum absolute atomic E-state index is 10.8. The Morgan fingerprint density at radius 3 is 3.08 bits per heavy atom. The minimum Gasteiger partial charge on any atom is -0.448 e. The van der Waals surface area contributed by atoms with Crippen LogP contribution in [0.4, 0.5) is 10.7 Å². The molecule has 0 atom stereocenters. The van der Waals surface area contributed by atoms with E-state index in [1.807, 2.05) is 0 Å². The van der Waals surface area contributed by atoms with E-state index in [0.29, 0.717) is 12.6 Å². The highest BCUT2D eigenvalue weighted by molar-refractivity contribution is 5.71. The minimum absolute atomic E-state index is 0.326. The second-order valence-corrected chi connectivity index (χ2v) is 2.15. The lowest BCUT2D eigenvalue weighted by molar-refractivity contribution is 0.155. The number of aryl methyl sites for hydroxylation is 1. The van der Waals surface area contributed by atoms with Gasteiger partial charge < -0.3 is 9.30 Å². The van der Waals surface area contributed by atoms with Gasteiger partial charge in [0.1, 0.15) is 0 Å². The van der Waals surface area contributed by atoms with Crippen LogP contribution in [0.5, 0.6) is 0 Å². The fraction of sp³-hybridized carbons (Fsp3) is 0.429. The third kappa shape index (κ3) is 1.98. The number of carbonyl (C=O) groups is 1. The van der Waals surface area contributed by atoms with E-state index < -0.39 is 6.09 Å².